The van der Waals surface area contributed by atoms with Crippen LogP contribution in [0.5, 0.6) is 5.75 Å². The van der Waals surface area contributed by atoms with Gasteiger partial charge in [0.15, 0.2) is 0 Å². The van der Waals surface area contributed by atoms with Gasteiger partial charge in [-0.05, 0) is 89.6 Å². The Balaban J connectivity index is 1.90. The van der Waals surface area contributed by atoms with Crippen LogP contribution in [0.15, 0.2) is 21.1 Å². The third-order valence-corrected chi connectivity index (χ3v) is 5.31. The highest BCUT2D eigenvalue weighted by Crippen LogP contribution is 2.35. The fourth-order valence-electron chi connectivity index (χ4n) is 2.83. The molecular weight excluding hydrogens is 452 g/mol. The summed E-state index contributed by atoms with van der Waals surface area (Å²) in [6.07, 6.45) is 2.71. The summed E-state index contributed by atoms with van der Waals surface area (Å²) in [5.74, 6) is 0.783. The maximum Gasteiger partial charge on any atom is 0.408 e. The largest absolute Gasteiger partial charge is 0.494 e. The first-order valence-corrected chi connectivity index (χ1v) is 9.96. The third-order valence-electron chi connectivity index (χ3n) is 4.13. The molecule has 0 saturated heterocycles. The van der Waals surface area contributed by atoms with Crippen molar-refractivity contribution in [3.05, 3.63) is 26.6 Å². The van der Waals surface area contributed by atoms with E-state index in [0.717, 1.165) is 39.5 Å². The van der Waals surface area contributed by atoms with Gasteiger partial charge >= 0.3 is 6.09 Å². The van der Waals surface area contributed by atoms with Crippen molar-refractivity contribution in [2.24, 2.45) is 0 Å². The third kappa shape index (κ3) is 5.86. The van der Waals surface area contributed by atoms with Gasteiger partial charge in [0.2, 0.25) is 0 Å². The van der Waals surface area contributed by atoms with Gasteiger partial charge in [-0.15, -0.1) is 0 Å². The second-order valence-electron chi connectivity index (χ2n) is 7.46. The number of alkyl carbamates (subject to hydrolysis) is 1. The first-order chi connectivity index (χ1) is 11.6. The van der Waals surface area contributed by atoms with Crippen LogP contribution in [0.1, 0.15) is 45.6 Å². The number of hydrogen-bond donors (Lipinski definition) is 2. The van der Waals surface area contributed by atoms with E-state index in [-0.39, 0.29) is 11.6 Å². The van der Waals surface area contributed by atoms with E-state index < -0.39 is 5.60 Å². The molecule has 1 aromatic rings. The van der Waals surface area contributed by atoms with Crippen molar-refractivity contribution in [3.8, 4) is 5.75 Å². The molecule has 1 amide bonds. The number of benzene rings is 1. The van der Waals surface area contributed by atoms with E-state index in [1.807, 2.05) is 32.9 Å². The quantitative estimate of drug-likeness (QED) is 0.620. The van der Waals surface area contributed by atoms with Gasteiger partial charge in [-0.2, -0.15) is 0 Å². The lowest BCUT2D eigenvalue weighted by molar-refractivity contribution is 0.0382. The molecule has 1 aromatic carbocycles. The summed E-state index contributed by atoms with van der Waals surface area (Å²) in [6, 6.07) is 4.07. The number of carbonyl (C=O) groups is 1. The van der Waals surface area contributed by atoms with Crippen molar-refractivity contribution in [1.82, 2.24) is 10.6 Å². The molecule has 1 aliphatic rings. The van der Waals surface area contributed by atoms with Crippen molar-refractivity contribution >= 4 is 38.0 Å². The number of carbonyl (C=O) groups excluding carboxylic acids is 1. The lowest BCUT2D eigenvalue weighted by atomic mass is 9.76. The molecule has 140 valence electrons. The zero-order chi connectivity index (χ0) is 18.7. The van der Waals surface area contributed by atoms with Gasteiger partial charge < -0.3 is 20.1 Å². The second kappa shape index (κ2) is 8.27. The predicted octanol–water partition coefficient (Wildman–Crippen LogP) is 4.76. The summed E-state index contributed by atoms with van der Waals surface area (Å²) < 4.78 is 12.5. The normalized spacial score (nSPS) is 16.1. The van der Waals surface area contributed by atoms with Crippen LogP contribution >= 0.6 is 31.9 Å². The molecule has 0 heterocycles. The Bertz CT molecular complexity index is 602. The van der Waals surface area contributed by atoms with Crippen LogP contribution in [-0.2, 0) is 11.3 Å². The second-order valence-corrected chi connectivity index (χ2v) is 9.17. The zero-order valence-corrected chi connectivity index (χ0v) is 18.3. The SMILES string of the molecule is COc1c(Br)cc(CNCC2(NC(=O)OC(C)(C)C)CCC2)cc1Br. The molecule has 25 heavy (non-hydrogen) atoms. The summed E-state index contributed by atoms with van der Waals surface area (Å²) in [7, 11) is 1.64. The number of methoxy groups -OCH3 is 1. The summed E-state index contributed by atoms with van der Waals surface area (Å²) in [5, 5.41) is 6.50. The van der Waals surface area contributed by atoms with E-state index in [9.17, 15) is 4.79 Å². The molecule has 0 radical (unpaired) electrons. The van der Waals surface area contributed by atoms with Crippen LogP contribution in [0.3, 0.4) is 0 Å². The Hall–Kier alpha value is -0.790. The number of ether oxygens (including phenoxy) is 2. The molecule has 5 nitrogen and oxygen atoms in total. The van der Waals surface area contributed by atoms with Crippen LogP contribution in [0.2, 0.25) is 0 Å². The maximum atomic E-state index is 12.1. The number of nitrogens with one attached hydrogen (secondary N) is 2. The van der Waals surface area contributed by atoms with E-state index in [1.54, 1.807) is 7.11 Å². The fraction of sp³-hybridized carbons (Fsp3) is 0.611. The lowest BCUT2D eigenvalue weighted by Gasteiger charge is -2.42. The molecule has 7 heteroatoms. The predicted molar refractivity (Wildman–Crippen MR) is 106 cm³/mol. The molecule has 2 rings (SSSR count). The standard InChI is InChI=1S/C18H26Br2N2O3/c1-17(2,3)25-16(23)22-18(6-5-7-18)11-21-10-12-8-13(19)15(24-4)14(20)9-12/h8-9,21H,5-7,10-11H2,1-4H3,(H,22,23). The molecule has 2 N–H and O–H groups in total. The summed E-state index contributed by atoms with van der Waals surface area (Å²) >= 11 is 7.04. The molecule has 0 bridgehead atoms. The molecule has 1 aliphatic carbocycles. The van der Waals surface area contributed by atoms with Gasteiger partial charge in [0.1, 0.15) is 11.4 Å². The average Bonchev–Trinajstić information content (AvgIpc) is 2.42. The van der Waals surface area contributed by atoms with Crippen LogP contribution in [0.25, 0.3) is 0 Å². The van der Waals surface area contributed by atoms with Crippen molar-refractivity contribution < 1.29 is 14.3 Å². The first-order valence-electron chi connectivity index (χ1n) is 8.38. The van der Waals surface area contributed by atoms with Crippen LogP contribution in [0.4, 0.5) is 4.79 Å². The molecule has 0 spiro atoms. The zero-order valence-electron chi connectivity index (χ0n) is 15.2. The van der Waals surface area contributed by atoms with Gasteiger partial charge in [0, 0.05) is 13.1 Å². The van der Waals surface area contributed by atoms with Crippen molar-refractivity contribution in [1.29, 1.82) is 0 Å². The maximum absolute atomic E-state index is 12.1. The van der Waals surface area contributed by atoms with Gasteiger partial charge in [0.25, 0.3) is 0 Å². The Morgan fingerprint density at radius 1 is 1.24 bits per heavy atom. The smallest absolute Gasteiger partial charge is 0.408 e. The Morgan fingerprint density at radius 3 is 2.28 bits per heavy atom. The Morgan fingerprint density at radius 2 is 1.84 bits per heavy atom. The van der Waals surface area contributed by atoms with Crippen LogP contribution in [-0.4, -0.2) is 30.9 Å². The van der Waals surface area contributed by atoms with E-state index in [1.165, 1.54) is 0 Å². The van der Waals surface area contributed by atoms with Crippen LogP contribution in [0, 0.1) is 0 Å². The number of rotatable bonds is 6. The minimum atomic E-state index is -0.482. The minimum Gasteiger partial charge on any atom is -0.494 e. The van der Waals surface area contributed by atoms with Crippen molar-refractivity contribution in [3.63, 3.8) is 0 Å². The highest BCUT2D eigenvalue weighted by atomic mass is 79.9. The molecule has 0 aromatic heterocycles. The number of halogens is 2. The summed E-state index contributed by atoms with van der Waals surface area (Å²) in [6.45, 7) is 7.04. The fourth-order valence-corrected chi connectivity index (χ4v) is 4.43. The Kier molecular flexibility index (Phi) is 6.79. The average molecular weight is 478 g/mol. The minimum absolute atomic E-state index is 0.205. The van der Waals surface area contributed by atoms with E-state index in [4.69, 9.17) is 9.47 Å². The summed E-state index contributed by atoms with van der Waals surface area (Å²) in [5.41, 5.74) is 0.444. The monoisotopic (exact) mass is 476 g/mol. The number of amides is 1. The van der Waals surface area contributed by atoms with Crippen molar-refractivity contribution in [2.75, 3.05) is 13.7 Å². The van der Waals surface area contributed by atoms with Gasteiger partial charge in [-0.25, -0.2) is 4.79 Å². The Labute approximate surface area is 166 Å². The van der Waals surface area contributed by atoms with Gasteiger partial charge in [0.05, 0.1) is 21.6 Å². The highest BCUT2D eigenvalue weighted by Gasteiger charge is 2.39. The van der Waals surface area contributed by atoms with Gasteiger partial charge in [-0.3, -0.25) is 0 Å². The molecule has 1 fully saturated rings. The molecule has 0 unspecified atom stereocenters. The van der Waals surface area contributed by atoms with E-state index in [0.29, 0.717) is 13.1 Å². The molecule has 1 saturated carbocycles. The highest BCUT2D eigenvalue weighted by molar-refractivity contribution is 9.11. The molecule has 0 aliphatic heterocycles. The van der Waals surface area contributed by atoms with Crippen LogP contribution < -0.4 is 15.4 Å². The molecule has 0 atom stereocenters. The van der Waals surface area contributed by atoms with E-state index >= 15 is 0 Å². The van der Waals surface area contributed by atoms with Crippen molar-refractivity contribution in [2.45, 2.75) is 57.7 Å². The number of hydrogen-bond acceptors (Lipinski definition) is 4. The molecular formula is C18H26Br2N2O3. The lowest BCUT2D eigenvalue weighted by Crippen LogP contribution is -2.59. The summed E-state index contributed by atoms with van der Waals surface area (Å²) in [4.78, 5) is 12.1. The topological polar surface area (TPSA) is 59.6 Å². The van der Waals surface area contributed by atoms with E-state index in [2.05, 4.69) is 42.5 Å². The van der Waals surface area contributed by atoms with Gasteiger partial charge in [-0.1, -0.05) is 0 Å². The first kappa shape index (κ1) is 20.5.